The lowest BCUT2D eigenvalue weighted by Crippen LogP contribution is -2.40. The van der Waals surface area contributed by atoms with Crippen molar-refractivity contribution < 1.29 is 4.79 Å². The van der Waals surface area contributed by atoms with E-state index in [2.05, 4.69) is 25.5 Å². The Kier molecular flexibility index (Phi) is 10.1. The zero-order chi connectivity index (χ0) is 18.1. The number of hydrogen-bond acceptors (Lipinski definition) is 2. The molecule has 1 amide bonds. The van der Waals surface area contributed by atoms with Crippen LogP contribution in [0.1, 0.15) is 12.0 Å². The van der Waals surface area contributed by atoms with Gasteiger partial charge in [-0.1, -0.05) is 17.7 Å². The monoisotopic (exact) mass is 489 g/mol. The van der Waals surface area contributed by atoms with Crippen LogP contribution in [0, 0.1) is 6.92 Å². The van der Waals surface area contributed by atoms with Gasteiger partial charge in [-0.05, 0) is 36.8 Å². The minimum absolute atomic E-state index is 0. The van der Waals surface area contributed by atoms with Crippen LogP contribution in [0.15, 0.2) is 47.7 Å². The molecule has 3 N–H and O–H groups in total. The van der Waals surface area contributed by atoms with E-state index in [0.717, 1.165) is 24.3 Å². The number of guanidine groups is 1. The number of amides is 1. The van der Waals surface area contributed by atoms with E-state index in [4.69, 9.17) is 11.6 Å². The maximum atomic E-state index is 12.1. The minimum Gasteiger partial charge on any atom is -0.356 e. The Labute approximate surface area is 176 Å². The standard InChI is InChI=1S/C18H24ClN5O.HI/c1-14-15(19)6-5-7-16(14)23-17(25)8-9-21-18(20-2)22-10-13-24-11-3-4-12-24;/h3-7,11-12H,8-10,13H2,1-2H3,(H,23,25)(H2,20,21,22);1H. The normalized spacial score (nSPS) is 10.8. The van der Waals surface area contributed by atoms with Gasteiger partial charge in [0.25, 0.3) is 0 Å². The highest BCUT2D eigenvalue weighted by Gasteiger charge is 2.07. The van der Waals surface area contributed by atoms with Crippen molar-refractivity contribution in [1.29, 1.82) is 0 Å². The maximum absolute atomic E-state index is 12.1. The molecule has 0 saturated carbocycles. The first kappa shape index (κ1) is 22.3. The van der Waals surface area contributed by atoms with Crippen molar-refractivity contribution >= 4 is 53.1 Å². The fraction of sp³-hybridized carbons (Fsp3) is 0.333. The van der Waals surface area contributed by atoms with E-state index in [1.165, 1.54) is 0 Å². The van der Waals surface area contributed by atoms with Gasteiger partial charge in [-0.3, -0.25) is 9.79 Å². The zero-order valence-corrected chi connectivity index (χ0v) is 18.0. The van der Waals surface area contributed by atoms with Gasteiger partial charge in [0, 0.05) is 56.2 Å². The molecule has 1 aromatic heterocycles. The van der Waals surface area contributed by atoms with Crippen molar-refractivity contribution in [3.8, 4) is 0 Å². The summed E-state index contributed by atoms with van der Waals surface area (Å²) in [6, 6.07) is 9.45. The third-order valence-corrected chi connectivity index (χ3v) is 4.15. The Morgan fingerprint density at radius 2 is 1.85 bits per heavy atom. The fourth-order valence-electron chi connectivity index (χ4n) is 2.29. The van der Waals surface area contributed by atoms with Crippen LogP contribution >= 0.6 is 35.6 Å². The molecule has 142 valence electrons. The number of nitrogens with zero attached hydrogens (tertiary/aromatic N) is 2. The Hall–Kier alpha value is -1.74. The molecule has 2 aromatic rings. The van der Waals surface area contributed by atoms with E-state index in [0.29, 0.717) is 23.9 Å². The average Bonchev–Trinajstić information content (AvgIpc) is 3.11. The molecule has 0 aliphatic rings. The summed E-state index contributed by atoms with van der Waals surface area (Å²) < 4.78 is 2.08. The van der Waals surface area contributed by atoms with E-state index < -0.39 is 0 Å². The lowest BCUT2D eigenvalue weighted by molar-refractivity contribution is -0.116. The Bertz CT molecular complexity index is 718. The topological polar surface area (TPSA) is 70.4 Å². The highest BCUT2D eigenvalue weighted by molar-refractivity contribution is 14.0. The number of rotatable bonds is 7. The first-order chi connectivity index (χ1) is 12.1. The maximum Gasteiger partial charge on any atom is 0.226 e. The molecule has 8 heteroatoms. The fourth-order valence-corrected chi connectivity index (χ4v) is 2.47. The number of hydrogen-bond donors (Lipinski definition) is 3. The second kappa shape index (κ2) is 11.8. The van der Waals surface area contributed by atoms with Gasteiger partial charge >= 0.3 is 0 Å². The van der Waals surface area contributed by atoms with Crippen molar-refractivity contribution in [3.05, 3.63) is 53.3 Å². The Morgan fingerprint density at radius 3 is 2.54 bits per heavy atom. The molecule has 0 radical (unpaired) electrons. The second-order valence-electron chi connectivity index (χ2n) is 5.56. The second-order valence-corrected chi connectivity index (χ2v) is 5.96. The third-order valence-electron chi connectivity index (χ3n) is 3.74. The summed E-state index contributed by atoms with van der Waals surface area (Å²) >= 11 is 6.06. The first-order valence-corrected chi connectivity index (χ1v) is 8.58. The number of carbonyl (C=O) groups is 1. The highest BCUT2D eigenvalue weighted by Crippen LogP contribution is 2.22. The number of benzene rings is 1. The number of carbonyl (C=O) groups excluding carboxylic acids is 1. The number of aliphatic imine (C=N–C) groups is 1. The SMILES string of the molecule is CN=C(NCCC(=O)Nc1cccc(Cl)c1C)NCCn1cccc1.I. The summed E-state index contributed by atoms with van der Waals surface area (Å²) in [5, 5.41) is 9.87. The van der Waals surface area contributed by atoms with E-state index >= 15 is 0 Å². The summed E-state index contributed by atoms with van der Waals surface area (Å²) in [7, 11) is 1.71. The molecule has 6 nitrogen and oxygen atoms in total. The number of aromatic nitrogens is 1. The number of anilines is 1. The van der Waals surface area contributed by atoms with Crippen LogP contribution in [0.25, 0.3) is 0 Å². The van der Waals surface area contributed by atoms with Crippen LogP contribution in [0.4, 0.5) is 5.69 Å². The van der Waals surface area contributed by atoms with E-state index in [1.54, 1.807) is 13.1 Å². The van der Waals surface area contributed by atoms with Gasteiger partial charge in [0.2, 0.25) is 5.91 Å². The van der Waals surface area contributed by atoms with Gasteiger partial charge in [0.1, 0.15) is 0 Å². The smallest absolute Gasteiger partial charge is 0.226 e. The Balaban J connectivity index is 0.00000338. The van der Waals surface area contributed by atoms with Gasteiger partial charge in [0.15, 0.2) is 5.96 Å². The van der Waals surface area contributed by atoms with E-state index in [1.807, 2.05) is 43.6 Å². The summed E-state index contributed by atoms with van der Waals surface area (Å²) in [6.07, 6.45) is 4.37. The quantitative estimate of drug-likeness (QED) is 0.318. The van der Waals surface area contributed by atoms with Crippen molar-refractivity contribution in [2.45, 2.75) is 19.9 Å². The van der Waals surface area contributed by atoms with Gasteiger partial charge in [0.05, 0.1) is 0 Å². The lowest BCUT2D eigenvalue weighted by Gasteiger charge is -2.13. The molecule has 1 aromatic carbocycles. The molecule has 26 heavy (non-hydrogen) atoms. The van der Waals surface area contributed by atoms with E-state index in [9.17, 15) is 4.79 Å². The summed E-state index contributed by atoms with van der Waals surface area (Å²) in [6.45, 7) is 3.98. The lowest BCUT2D eigenvalue weighted by atomic mass is 10.2. The minimum atomic E-state index is -0.0688. The molecule has 0 saturated heterocycles. The van der Waals surface area contributed by atoms with Crippen LogP contribution in [0.3, 0.4) is 0 Å². The van der Waals surface area contributed by atoms with Crippen molar-refractivity contribution in [2.75, 3.05) is 25.5 Å². The predicted octanol–water partition coefficient (Wildman–Crippen LogP) is 3.26. The van der Waals surface area contributed by atoms with Crippen LogP contribution in [-0.4, -0.2) is 36.6 Å². The first-order valence-electron chi connectivity index (χ1n) is 8.20. The molecular weight excluding hydrogens is 465 g/mol. The Morgan fingerprint density at radius 1 is 1.15 bits per heavy atom. The molecule has 0 atom stereocenters. The summed E-state index contributed by atoms with van der Waals surface area (Å²) in [5.41, 5.74) is 1.61. The molecule has 2 rings (SSSR count). The number of nitrogens with one attached hydrogen (secondary N) is 3. The average molecular weight is 490 g/mol. The molecule has 0 spiro atoms. The van der Waals surface area contributed by atoms with Crippen LogP contribution < -0.4 is 16.0 Å². The highest BCUT2D eigenvalue weighted by atomic mass is 127. The van der Waals surface area contributed by atoms with Gasteiger partial charge in [-0.15, -0.1) is 24.0 Å². The van der Waals surface area contributed by atoms with Crippen molar-refractivity contribution in [1.82, 2.24) is 15.2 Å². The molecule has 0 fully saturated rings. The third kappa shape index (κ3) is 7.25. The van der Waals surface area contributed by atoms with Crippen molar-refractivity contribution in [3.63, 3.8) is 0 Å². The molecule has 1 heterocycles. The summed E-state index contributed by atoms with van der Waals surface area (Å²) in [4.78, 5) is 16.2. The largest absolute Gasteiger partial charge is 0.356 e. The molecular formula is C18H25ClIN5O. The van der Waals surface area contributed by atoms with Crippen LogP contribution in [0.5, 0.6) is 0 Å². The van der Waals surface area contributed by atoms with Gasteiger partial charge < -0.3 is 20.5 Å². The summed E-state index contributed by atoms with van der Waals surface area (Å²) in [5.74, 6) is 0.611. The van der Waals surface area contributed by atoms with Crippen LogP contribution in [-0.2, 0) is 11.3 Å². The predicted molar refractivity (Wildman–Crippen MR) is 119 cm³/mol. The molecule has 0 unspecified atom stereocenters. The van der Waals surface area contributed by atoms with E-state index in [-0.39, 0.29) is 29.9 Å². The molecule has 0 bridgehead atoms. The van der Waals surface area contributed by atoms with Gasteiger partial charge in [-0.25, -0.2) is 0 Å². The molecule has 0 aliphatic carbocycles. The van der Waals surface area contributed by atoms with Gasteiger partial charge in [-0.2, -0.15) is 0 Å². The molecule has 0 aliphatic heterocycles. The van der Waals surface area contributed by atoms with Crippen LogP contribution in [0.2, 0.25) is 5.02 Å². The number of halogens is 2. The zero-order valence-electron chi connectivity index (χ0n) is 15.0. The van der Waals surface area contributed by atoms with Crippen molar-refractivity contribution in [2.24, 2.45) is 4.99 Å².